The standard InChI is InChI=1S/C31H43N3O/c1-22(2)25-13-11-24(12-14-25)21-33-19-16-27(17-20-33)30-28(15-10-23(3)32-30)31(35)34-18-6-8-26-7-4-5-9-29(26)34/h10-15,22,26-27,29H,4-9,16-21H2,1-3H3/t26-,29+/m1/s1. The number of aromatic nitrogens is 1. The highest BCUT2D eigenvalue weighted by Gasteiger charge is 2.37. The molecule has 1 aromatic heterocycles. The van der Waals surface area contributed by atoms with Crippen molar-refractivity contribution in [1.29, 1.82) is 0 Å². The average molecular weight is 474 g/mol. The highest BCUT2D eigenvalue weighted by Crippen LogP contribution is 2.37. The van der Waals surface area contributed by atoms with E-state index in [4.69, 9.17) is 4.98 Å². The van der Waals surface area contributed by atoms with Gasteiger partial charge in [0.25, 0.3) is 5.91 Å². The number of carbonyl (C=O) groups excluding carboxylic acids is 1. The third kappa shape index (κ3) is 5.48. The summed E-state index contributed by atoms with van der Waals surface area (Å²) in [6.45, 7) is 10.6. The molecule has 0 bridgehead atoms. The van der Waals surface area contributed by atoms with Gasteiger partial charge in [0.2, 0.25) is 0 Å². The molecule has 3 aliphatic rings. The topological polar surface area (TPSA) is 36.4 Å². The fraction of sp³-hybridized carbons (Fsp3) is 0.613. The van der Waals surface area contributed by atoms with Gasteiger partial charge in [0, 0.05) is 30.7 Å². The summed E-state index contributed by atoms with van der Waals surface area (Å²) in [4.78, 5) is 23.7. The van der Waals surface area contributed by atoms with Gasteiger partial charge in [-0.1, -0.05) is 51.0 Å². The molecule has 1 amide bonds. The fourth-order valence-electron chi connectivity index (χ4n) is 6.73. The quantitative estimate of drug-likeness (QED) is 0.485. The number of fused-ring (bicyclic) bond motifs is 1. The van der Waals surface area contributed by atoms with E-state index in [0.29, 0.717) is 23.8 Å². The van der Waals surface area contributed by atoms with Crippen molar-refractivity contribution >= 4 is 5.91 Å². The number of hydrogen-bond donors (Lipinski definition) is 0. The summed E-state index contributed by atoms with van der Waals surface area (Å²) < 4.78 is 0. The molecule has 2 saturated heterocycles. The molecule has 3 fully saturated rings. The molecule has 188 valence electrons. The average Bonchev–Trinajstić information content (AvgIpc) is 2.89. The maximum Gasteiger partial charge on any atom is 0.255 e. The molecule has 2 atom stereocenters. The molecular weight excluding hydrogens is 430 g/mol. The van der Waals surface area contributed by atoms with E-state index in [9.17, 15) is 4.79 Å². The van der Waals surface area contributed by atoms with Crippen molar-refractivity contribution in [2.24, 2.45) is 5.92 Å². The minimum atomic E-state index is 0.247. The first-order valence-corrected chi connectivity index (χ1v) is 14.1. The van der Waals surface area contributed by atoms with Gasteiger partial charge in [-0.15, -0.1) is 0 Å². The van der Waals surface area contributed by atoms with Gasteiger partial charge >= 0.3 is 0 Å². The van der Waals surface area contributed by atoms with Crippen molar-refractivity contribution in [2.75, 3.05) is 19.6 Å². The minimum Gasteiger partial charge on any atom is -0.335 e. The Bertz CT molecular complexity index is 1000. The third-order valence-corrected chi connectivity index (χ3v) is 8.83. The molecule has 2 aromatic rings. The molecule has 1 aliphatic carbocycles. The van der Waals surface area contributed by atoms with Crippen LogP contribution in [-0.2, 0) is 6.54 Å². The van der Waals surface area contributed by atoms with E-state index in [-0.39, 0.29) is 5.91 Å². The van der Waals surface area contributed by atoms with Gasteiger partial charge in [0.1, 0.15) is 0 Å². The molecule has 0 N–H and O–H groups in total. The monoisotopic (exact) mass is 473 g/mol. The first kappa shape index (κ1) is 24.5. The van der Waals surface area contributed by atoms with Gasteiger partial charge in [-0.3, -0.25) is 14.7 Å². The highest BCUT2D eigenvalue weighted by atomic mass is 16.2. The fourth-order valence-corrected chi connectivity index (χ4v) is 6.73. The van der Waals surface area contributed by atoms with Crippen LogP contribution in [0.15, 0.2) is 36.4 Å². The van der Waals surface area contributed by atoms with Crippen molar-refractivity contribution in [3.63, 3.8) is 0 Å². The SMILES string of the molecule is Cc1ccc(C(=O)N2CCC[C@H]3CCCC[C@@H]32)c(C2CCN(Cc3ccc(C(C)C)cc3)CC2)n1. The summed E-state index contributed by atoms with van der Waals surface area (Å²) in [5.41, 5.74) is 5.77. The number of rotatable bonds is 5. The van der Waals surface area contributed by atoms with Gasteiger partial charge in [0.05, 0.1) is 11.3 Å². The second kappa shape index (κ2) is 10.8. The lowest BCUT2D eigenvalue weighted by Gasteiger charge is -2.44. The second-order valence-electron chi connectivity index (χ2n) is 11.6. The zero-order valence-corrected chi connectivity index (χ0v) is 22.0. The van der Waals surface area contributed by atoms with Crippen LogP contribution >= 0.6 is 0 Å². The van der Waals surface area contributed by atoms with Crippen LogP contribution < -0.4 is 0 Å². The molecule has 35 heavy (non-hydrogen) atoms. The first-order valence-electron chi connectivity index (χ1n) is 14.1. The number of aryl methyl sites for hydroxylation is 1. The van der Waals surface area contributed by atoms with E-state index in [0.717, 1.165) is 62.4 Å². The van der Waals surface area contributed by atoms with E-state index in [2.05, 4.69) is 60.9 Å². The number of amides is 1. The second-order valence-corrected chi connectivity index (χ2v) is 11.6. The first-order chi connectivity index (χ1) is 17.0. The Morgan fingerprint density at radius 3 is 2.37 bits per heavy atom. The van der Waals surface area contributed by atoms with Crippen LogP contribution in [0, 0.1) is 12.8 Å². The van der Waals surface area contributed by atoms with Crippen LogP contribution in [0.25, 0.3) is 0 Å². The largest absolute Gasteiger partial charge is 0.335 e. The van der Waals surface area contributed by atoms with E-state index < -0.39 is 0 Å². The van der Waals surface area contributed by atoms with Crippen LogP contribution in [0.1, 0.15) is 110 Å². The molecule has 2 aliphatic heterocycles. The number of benzene rings is 1. The maximum absolute atomic E-state index is 13.9. The molecule has 1 saturated carbocycles. The lowest BCUT2D eigenvalue weighted by atomic mass is 9.78. The predicted octanol–water partition coefficient (Wildman–Crippen LogP) is 6.69. The Hall–Kier alpha value is -2.20. The molecular formula is C31H43N3O. The van der Waals surface area contributed by atoms with Crippen LogP contribution in [0.5, 0.6) is 0 Å². The Labute approximate surface area is 212 Å². The third-order valence-electron chi connectivity index (χ3n) is 8.83. The summed E-state index contributed by atoms with van der Waals surface area (Å²) in [5.74, 6) is 1.91. The normalized spacial score (nSPS) is 23.9. The summed E-state index contributed by atoms with van der Waals surface area (Å²) >= 11 is 0. The number of hydrogen-bond acceptors (Lipinski definition) is 3. The minimum absolute atomic E-state index is 0.247. The Kier molecular flexibility index (Phi) is 7.57. The van der Waals surface area contributed by atoms with E-state index >= 15 is 0 Å². The van der Waals surface area contributed by atoms with Crippen molar-refractivity contribution < 1.29 is 4.79 Å². The lowest BCUT2D eigenvalue weighted by Crippen LogP contribution is -2.50. The van der Waals surface area contributed by atoms with Gasteiger partial charge in [-0.25, -0.2) is 0 Å². The van der Waals surface area contributed by atoms with Crippen LogP contribution in [0.4, 0.5) is 0 Å². The summed E-state index contributed by atoms with van der Waals surface area (Å²) in [5, 5.41) is 0. The Morgan fingerprint density at radius 1 is 0.914 bits per heavy atom. The lowest BCUT2D eigenvalue weighted by molar-refractivity contribution is 0.0388. The van der Waals surface area contributed by atoms with Gasteiger partial charge < -0.3 is 4.90 Å². The number of piperidine rings is 2. The summed E-state index contributed by atoms with van der Waals surface area (Å²) in [6.07, 6.45) is 9.68. The Morgan fingerprint density at radius 2 is 1.63 bits per heavy atom. The van der Waals surface area contributed by atoms with Crippen molar-refractivity contribution in [1.82, 2.24) is 14.8 Å². The van der Waals surface area contributed by atoms with Crippen molar-refractivity contribution in [3.8, 4) is 0 Å². The smallest absolute Gasteiger partial charge is 0.255 e. The maximum atomic E-state index is 13.9. The van der Waals surface area contributed by atoms with E-state index in [1.807, 2.05) is 6.07 Å². The number of likely N-dealkylation sites (tertiary alicyclic amines) is 2. The molecule has 0 unspecified atom stereocenters. The van der Waals surface area contributed by atoms with E-state index in [1.54, 1.807) is 0 Å². The Balaban J connectivity index is 1.27. The summed E-state index contributed by atoms with van der Waals surface area (Å²) in [7, 11) is 0. The molecule has 0 radical (unpaired) electrons. The molecule has 4 heteroatoms. The molecule has 4 nitrogen and oxygen atoms in total. The summed E-state index contributed by atoms with van der Waals surface area (Å²) in [6, 6.07) is 13.7. The van der Waals surface area contributed by atoms with Gasteiger partial charge in [0.15, 0.2) is 0 Å². The highest BCUT2D eigenvalue weighted by molar-refractivity contribution is 5.95. The van der Waals surface area contributed by atoms with Gasteiger partial charge in [-0.2, -0.15) is 0 Å². The van der Waals surface area contributed by atoms with Crippen molar-refractivity contribution in [2.45, 2.75) is 96.6 Å². The van der Waals surface area contributed by atoms with Crippen LogP contribution in [0.3, 0.4) is 0 Å². The number of nitrogens with zero attached hydrogens (tertiary/aromatic N) is 3. The van der Waals surface area contributed by atoms with Crippen LogP contribution in [-0.4, -0.2) is 46.4 Å². The van der Waals surface area contributed by atoms with E-state index in [1.165, 1.54) is 43.2 Å². The zero-order chi connectivity index (χ0) is 24.4. The molecule has 1 aromatic carbocycles. The number of pyridine rings is 1. The molecule has 5 rings (SSSR count). The number of carbonyl (C=O) groups is 1. The molecule has 0 spiro atoms. The zero-order valence-electron chi connectivity index (χ0n) is 22.0. The van der Waals surface area contributed by atoms with Crippen LogP contribution in [0.2, 0.25) is 0 Å². The molecule has 3 heterocycles. The van der Waals surface area contributed by atoms with Crippen molar-refractivity contribution in [3.05, 3.63) is 64.5 Å². The van der Waals surface area contributed by atoms with Gasteiger partial charge in [-0.05, 0) is 93.6 Å². The predicted molar refractivity (Wildman–Crippen MR) is 143 cm³/mol.